The van der Waals surface area contributed by atoms with Crippen LogP contribution >= 0.6 is 0 Å². The summed E-state index contributed by atoms with van der Waals surface area (Å²) in [6.07, 6.45) is 0. The molecule has 10 rings (SSSR count). The molecule has 0 fully saturated rings. The van der Waals surface area contributed by atoms with Crippen molar-refractivity contribution in [2.75, 3.05) is 0 Å². The van der Waals surface area contributed by atoms with Gasteiger partial charge in [-0.2, -0.15) is 0 Å². The first kappa shape index (κ1) is 28.9. The fourth-order valence-corrected chi connectivity index (χ4v) is 11.0. The van der Waals surface area contributed by atoms with Gasteiger partial charge in [0.15, 0.2) is 5.82 Å². The molecule has 0 aliphatic carbocycles. The van der Waals surface area contributed by atoms with E-state index >= 15 is 0 Å². The lowest BCUT2D eigenvalue weighted by molar-refractivity contribution is 1.19. The molecule has 3 heterocycles. The Hall–Kier alpha value is -6.10. The summed E-state index contributed by atoms with van der Waals surface area (Å²) in [5.74, 6) is 0.783. The lowest BCUT2D eigenvalue weighted by atomic mass is 9.99. The number of para-hydroxylation sites is 1. The van der Waals surface area contributed by atoms with Gasteiger partial charge < -0.3 is 4.57 Å². The van der Waals surface area contributed by atoms with Crippen LogP contribution in [0.25, 0.3) is 83.2 Å². The van der Waals surface area contributed by atoms with Gasteiger partial charge in [0, 0.05) is 43.9 Å². The zero-order valence-corrected chi connectivity index (χ0v) is 28.9. The Morgan fingerprint density at radius 3 is 2.06 bits per heavy atom. The Balaban J connectivity index is 1.16. The van der Waals surface area contributed by atoms with Crippen molar-refractivity contribution in [3.63, 3.8) is 0 Å². The van der Waals surface area contributed by atoms with Gasteiger partial charge in [-0.3, -0.25) is 0 Å². The number of hydrogen-bond donors (Lipinski definition) is 0. The second-order valence-corrected chi connectivity index (χ2v) is 18.1. The molecule has 0 radical (unpaired) electrons. The van der Waals surface area contributed by atoms with Gasteiger partial charge in [-0.15, -0.1) is 0 Å². The Bertz CT molecular complexity index is 2780. The molecule has 0 saturated carbocycles. The summed E-state index contributed by atoms with van der Waals surface area (Å²) >= 11 is 0. The van der Waals surface area contributed by atoms with Crippen LogP contribution in [0.3, 0.4) is 0 Å². The monoisotopic (exact) mass is 655 g/mol. The molecule has 50 heavy (non-hydrogen) atoms. The maximum atomic E-state index is 5.42. The van der Waals surface area contributed by atoms with Crippen molar-refractivity contribution in [1.82, 2.24) is 14.5 Å². The predicted octanol–water partition coefficient (Wildman–Crippen LogP) is 10.5. The first-order valence-electron chi connectivity index (χ1n) is 17.3. The maximum Gasteiger partial charge on any atom is 0.159 e. The summed E-state index contributed by atoms with van der Waals surface area (Å²) in [6, 6.07) is 59.0. The molecule has 0 amide bonds. The summed E-state index contributed by atoms with van der Waals surface area (Å²) in [4.78, 5) is 10.8. The van der Waals surface area contributed by atoms with E-state index in [0.717, 1.165) is 33.9 Å². The van der Waals surface area contributed by atoms with Gasteiger partial charge >= 0.3 is 0 Å². The fourth-order valence-electron chi connectivity index (χ4n) is 8.12. The number of aromatic nitrogens is 3. The number of hydrogen-bond acceptors (Lipinski definition) is 2. The number of benzene rings is 7. The zero-order chi connectivity index (χ0) is 33.4. The molecule has 1 aliphatic heterocycles. The molecule has 3 nitrogen and oxygen atoms in total. The summed E-state index contributed by atoms with van der Waals surface area (Å²) in [5.41, 5.74) is 11.6. The molecule has 2 aromatic heterocycles. The fraction of sp³-hybridized carbons (Fsp3) is 0.0435. The molecule has 4 heteroatoms. The third-order valence-corrected chi connectivity index (χ3v) is 13.9. The van der Waals surface area contributed by atoms with Crippen LogP contribution < -0.4 is 10.5 Å². The molecule has 0 atom stereocenters. The second-order valence-electron chi connectivity index (χ2n) is 13.8. The Morgan fingerprint density at radius 2 is 1.20 bits per heavy atom. The topological polar surface area (TPSA) is 30.7 Å². The van der Waals surface area contributed by atoms with Crippen LogP contribution in [0.5, 0.6) is 0 Å². The molecule has 236 valence electrons. The first-order valence-corrected chi connectivity index (χ1v) is 20.3. The highest BCUT2D eigenvalue weighted by Crippen LogP contribution is 2.40. The molecule has 0 spiro atoms. The van der Waals surface area contributed by atoms with Crippen molar-refractivity contribution in [1.29, 1.82) is 0 Å². The molecule has 0 unspecified atom stereocenters. The van der Waals surface area contributed by atoms with Crippen LogP contribution in [0.1, 0.15) is 0 Å². The molecular formula is C46H33N3Si. The molecule has 9 aromatic rings. The third kappa shape index (κ3) is 4.28. The van der Waals surface area contributed by atoms with Gasteiger partial charge in [-0.25, -0.2) is 9.97 Å². The van der Waals surface area contributed by atoms with E-state index in [1.807, 2.05) is 0 Å². The summed E-state index contributed by atoms with van der Waals surface area (Å²) in [5, 5.41) is 7.64. The van der Waals surface area contributed by atoms with Crippen molar-refractivity contribution in [3.05, 3.63) is 164 Å². The molecule has 7 aromatic carbocycles. The number of nitrogens with zero attached hydrogens (tertiary/aromatic N) is 3. The standard InChI is InChI=1S/C46H33N3Si/c1-50(2)41-23-12-11-22-38(41)42-43(31-15-5-3-6-16-31)47-45(48-46(42)50)34-18-13-17-32(28-34)33-25-27-40-39(29-33)37-26-24-30-14-9-10-21-36(30)44(37)49(40)35-19-7-4-8-20-35/h3-29H,1-2H3. The van der Waals surface area contributed by atoms with Gasteiger partial charge in [0.1, 0.15) is 8.07 Å². The van der Waals surface area contributed by atoms with E-state index in [-0.39, 0.29) is 0 Å². The van der Waals surface area contributed by atoms with E-state index in [1.54, 1.807) is 0 Å². The van der Waals surface area contributed by atoms with Gasteiger partial charge in [0.25, 0.3) is 0 Å². The molecule has 0 N–H and O–H groups in total. The average Bonchev–Trinajstić information content (AvgIpc) is 3.64. The summed E-state index contributed by atoms with van der Waals surface area (Å²) < 4.78 is 2.42. The normalized spacial score (nSPS) is 13.2. The molecular weight excluding hydrogens is 623 g/mol. The zero-order valence-electron chi connectivity index (χ0n) is 27.9. The van der Waals surface area contributed by atoms with Crippen molar-refractivity contribution < 1.29 is 0 Å². The van der Waals surface area contributed by atoms with Crippen molar-refractivity contribution >= 4 is 51.2 Å². The van der Waals surface area contributed by atoms with E-state index in [2.05, 4.69) is 181 Å². The third-order valence-electron chi connectivity index (χ3n) is 10.5. The number of rotatable bonds is 4. The van der Waals surface area contributed by atoms with Crippen LogP contribution in [0.2, 0.25) is 13.1 Å². The minimum absolute atomic E-state index is 0.783. The molecule has 1 aliphatic rings. The molecule has 0 saturated heterocycles. The van der Waals surface area contributed by atoms with Crippen LogP contribution in [0.15, 0.2) is 164 Å². The predicted molar refractivity (Wildman–Crippen MR) is 212 cm³/mol. The Kier molecular flexibility index (Phi) is 6.33. The van der Waals surface area contributed by atoms with Gasteiger partial charge in [0.05, 0.1) is 16.7 Å². The highest BCUT2D eigenvalue weighted by atomic mass is 28.3. The highest BCUT2D eigenvalue weighted by Gasteiger charge is 2.41. The number of fused-ring (bicyclic) bond motifs is 8. The maximum absolute atomic E-state index is 5.42. The smallest absolute Gasteiger partial charge is 0.159 e. The second kappa shape index (κ2) is 11.0. The molecule has 0 bridgehead atoms. The van der Waals surface area contributed by atoms with Crippen molar-refractivity contribution in [2.45, 2.75) is 13.1 Å². The summed E-state index contributed by atoms with van der Waals surface area (Å²) in [6.45, 7) is 4.84. The Morgan fingerprint density at radius 1 is 0.500 bits per heavy atom. The van der Waals surface area contributed by atoms with Crippen molar-refractivity contribution in [2.24, 2.45) is 0 Å². The highest BCUT2D eigenvalue weighted by molar-refractivity contribution is 7.03. The lowest BCUT2D eigenvalue weighted by Gasteiger charge is -2.19. The van der Waals surface area contributed by atoms with Crippen LogP contribution in [-0.2, 0) is 0 Å². The SMILES string of the molecule is C[Si]1(C)c2ccccc2-c2c(-c3ccccc3)nc(-c3cccc(-c4ccc5c(c4)c4ccc6ccccc6c4n5-c4ccccc4)c3)nc21. The minimum Gasteiger partial charge on any atom is -0.309 e. The van der Waals surface area contributed by atoms with Crippen LogP contribution in [0, 0.1) is 0 Å². The van der Waals surface area contributed by atoms with E-state index in [0.29, 0.717) is 0 Å². The Labute approximate surface area is 292 Å². The van der Waals surface area contributed by atoms with E-state index in [1.165, 1.54) is 59.8 Å². The minimum atomic E-state index is -2.04. The summed E-state index contributed by atoms with van der Waals surface area (Å²) in [7, 11) is -2.04. The quantitative estimate of drug-likeness (QED) is 0.177. The van der Waals surface area contributed by atoms with Crippen LogP contribution in [-0.4, -0.2) is 22.6 Å². The lowest BCUT2D eigenvalue weighted by Crippen LogP contribution is -2.50. The van der Waals surface area contributed by atoms with E-state index in [4.69, 9.17) is 9.97 Å². The van der Waals surface area contributed by atoms with E-state index in [9.17, 15) is 0 Å². The van der Waals surface area contributed by atoms with Gasteiger partial charge in [-0.05, 0) is 57.6 Å². The average molecular weight is 656 g/mol. The largest absolute Gasteiger partial charge is 0.309 e. The van der Waals surface area contributed by atoms with Gasteiger partial charge in [0.2, 0.25) is 0 Å². The van der Waals surface area contributed by atoms with Crippen LogP contribution in [0.4, 0.5) is 0 Å². The first-order chi connectivity index (χ1) is 24.6. The van der Waals surface area contributed by atoms with E-state index < -0.39 is 8.07 Å². The van der Waals surface area contributed by atoms with Crippen molar-refractivity contribution in [3.8, 4) is 50.6 Å². The van der Waals surface area contributed by atoms with Gasteiger partial charge in [-0.1, -0.05) is 147 Å².